The lowest BCUT2D eigenvalue weighted by molar-refractivity contribution is 0.101. The largest absolute Gasteiger partial charge is 0.403 e. The van der Waals surface area contributed by atoms with Gasteiger partial charge in [-0.1, -0.05) is 5.10 Å². The van der Waals surface area contributed by atoms with Crippen molar-refractivity contribution in [3.05, 3.63) is 48.0 Å². The fraction of sp³-hybridized carbons (Fsp3) is 0.0769. The van der Waals surface area contributed by atoms with Crippen LogP contribution in [-0.4, -0.2) is 25.9 Å². The average Bonchev–Trinajstić information content (AvgIpc) is 3.09. The van der Waals surface area contributed by atoms with Crippen molar-refractivity contribution in [2.24, 2.45) is 7.05 Å². The number of amides is 1. The highest BCUT2D eigenvalue weighted by Crippen LogP contribution is 2.20. The Labute approximate surface area is 118 Å². The lowest BCUT2D eigenvalue weighted by atomic mass is 10.2. The fourth-order valence-corrected chi connectivity index (χ4v) is 1.68. The van der Waals surface area contributed by atoms with Crippen LogP contribution in [-0.2, 0) is 7.05 Å². The van der Waals surface area contributed by atoms with E-state index in [1.807, 2.05) is 0 Å². The Morgan fingerprint density at radius 1 is 1.24 bits per heavy atom. The van der Waals surface area contributed by atoms with Gasteiger partial charge in [-0.05, 0) is 30.3 Å². The number of benzene rings is 1. The van der Waals surface area contributed by atoms with Crippen LogP contribution in [0.25, 0.3) is 11.5 Å². The maximum atomic E-state index is 12.8. The number of halogens is 1. The summed E-state index contributed by atoms with van der Waals surface area (Å²) in [4.78, 5) is 11.9. The van der Waals surface area contributed by atoms with Crippen molar-refractivity contribution in [1.82, 2.24) is 20.0 Å². The van der Waals surface area contributed by atoms with Gasteiger partial charge in [0.1, 0.15) is 5.82 Å². The highest BCUT2D eigenvalue weighted by Gasteiger charge is 2.14. The second-order valence-corrected chi connectivity index (χ2v) is 4.25. The zero-order valence-electron chi connectivity index (χ0n) is 10.9. The molecule has 21 heavy (non-hydrogen) atoms. The first-order valence-electron chi connectivity index (χ1n) is 6.02. The van der Waals surface area contributed by atoms with Gasteiger partial charge in [0.15, 0.2) is 5.69 Å². The number of nitrogens with zero attached hydrogens (tertiary/aromatic N) is 4. The van der Waals surface area contributed by atoms with Crippen LogP contribution < -0.4 is 5.32 Å². The zero-order valence-corrected chi connectivity index (χ0v) is 10.9. The number of aromatic nitrogens is 4. The average molecular weight is 287 g/mol. The van der Waals surface area contributed by atoms with E-state index in [1.54, 1.807) is 19.3 Å². The van der Waals surface area contributed by atoms with Gasteiger partial charge in [0.2, 0.25) is 5.89 Å². The molecule has 0 radical (unpaired) electrons. The minimum atomic E-state index is -0.454. The second kappa shape index (κ2) is 5.16. The maximum absolute atomic E-state index is 12.8. The topological polar surface area (TPSA) is 85.8 Å². The van der Waals surface area contributed by atoms with Gasteiger partial charge in [-0.2, -0.15) is 5.10 Å². The second-order valence-electron chi connectivity index (χ2n) is 4.25. The molecular formula is C13H10FN5O2. The molecule has 0 saturated carbocycles. The van der Waals surface area contributed by atoms with Crippen LogP contribution in [0.15, 0.2) is 40.9 Å². The number of hydrogen-bond donors (Lipinski definition) is 1. The molecular weight excluding hydrogens is 277 g/mol. The van der Waals surface area contributed by atoms with Crippen molar-refractivity contribution in [2.75, 3.05) is 5.32 Å². The van der Waals surface area contributed by atoms with E-state index in [2.05, 4.69) is 20.6 Å². The number of hydrogen-bond acceptors (Lipinski definition) is 5. The van der Waals surface area contributed by atoms with Crippen molar-refractivity contribution in [3.8, 4) is 11.5 Å². The summed E-state index contributed by atoms with van der Waals surface area (Å²) in [6.07, 6.45) is 1.65. The highest BCUT2D eigenvalue weighted by atomic mass is 19.1. The molecule has 8 heteroatoms. The van der Waals surface area contributed by atoms with Gasteiger partial charge in [0, 0.05) is 18.8 Å². The molecule has 3 rings (SSSR count). The monoisotopic (exact) mass is 287 g/mol. The van der Waals surface area contributed by atoms with Crippen LogP contribution in [0.1, 0.15) is 10.5 Å². The Morgan fingerprint density at radius 3 is 2.67 bits per heavy atom. The van der Waals surface area contributed by atoms with E-state index in [-0.39, 0.29) is 23.4 Å². The van der Waals surface area contributed by atoms with Gasteiger partial charge in [0.25, 0.3) is 5.91 Å². The number of rotatable bonds is 3. The van der Waals surface area contributed by atoms with Crippen LogP contribution >= 0.6 is 0 Å². The number of aryl methyl sites for hydroxylation is 1. The molecule has 1 N–H and O–H groups in total. The van der Waals surface area contributed by atoms with E-state index in [9.17, 15) is 9.18 Å². The van der Waals surface area contributed by atoms with Gasteiger partial charge in [-0.25, -0.2) is 4.39 Å². The SMILES string of the molecule is Cn1ccc(C(=O)Nc2nnc(-c3ccc(F)cc3)o2)n1. The first-order chi connectivity index (χ1) is 10.1. The zero-order chi connectivity index (χ0) is 14.8. The summed E-state index contributed by atoms with van der Waals surface area (Å²) in [7, 11) is 1.70. The van der Waals surface area contributed by atoms with E-state index in [0.717, 1.165) is 0 Å². The third-order valence-electron chi connectivity index (χ3n) is 2.68. The van der Waals surface area contributed by atoms with Crippen LogP contribution in [0.2, 0.25) is 0 Å². The molecule has 0 aliphatic rings. The maximum Gasteiger partial charge on any atom is 0.322 e. The van der Waals surface area contributed by atoms with E-state index >= 15 is 0 Å². The summed E-state index contributed by atoms with van der Waals surface area (Å²) >= 11 is 0. The fourth-order valence-electron chi connectivity index (χ4n) is 1.68. The molecule has 0 saturated heterocycles. The van der Waals surface area contributed by atoms with Gasteiger partial charge >= 0.3 is 6.01 Å². The van der Waals surface area contributed by atoms with E-state index < -0.39 is 5.91 Å². The summed E-state index contributed by atoms with van der Waals surface area (Å²) in [6.45, 7) is 0. The van der Waals surface area contributed by atoms with Crippen LogP contribution in [0.5, 0.6) is 0 Å². The van der Waals surface area contributed by atoms with Crippen molar-refractivity contribution in [2.45, 2.75) is 0 Å². The predicted molar refractivity (Wildman–Crippen MR) is 70.9 cm³/mol. The molecule has 1 amide bonds. The smallest absolute Gasteiger partial charge is 0.322 e. The van der Waals surface area contributed by atoms with Crippen molar-refractivity contribution in [3.63, 3.8) is 0 Å². The summed E-state index contributed by atoms with van der Waals surface area (Å²) < 4.78 is 19.6. The number of anilines is 1. The molecule has 0 spiro atoms. The molecule has 0 aliphatic heterocycles. The first kappa shape index (κ1) is 13.0. The molecule has 3 aromatic rings. The van der Waals surface area contributed by atoms with E-state index in [0.29, 0.717) is 5.56 Å². The minimum Gasteiger partial charge on any atom is -0.403 e. The summed E-state index contributed by atoms with van der Waals surface area (Å²) in [5, 5.41) is 13.9. The molecule has 0 unspecified atom stereocenters. The highest BCUT2D eigenvalue weighted by molar-refractivity contribution is 6.01. The van der Waals surface area contributed by atoms with Crippen LogP contribution in [0.3, 0.4) is 0 Å². The van der Waals surface area contributed by atoms with Crippen LogP contribution in [0.4, 0.5) is 10.4 Å². The Kier molecular flexibility index (Phi) is 3.19. The molecule has 0 aliphatic carbocycles. The van der Waals surface area contributed by atoms with Gasteiger partial charge < -0.3 is 4.42 Å². The molecule has 2 heterocycles. The van der Waals surface area contributed by atoms with Crippen LogP contribution in [0, 0.1) is 5.82 Å². The Hall–Kier alpha value is -3.03. The van der Waals surface area contributed by atoms with Crippen molar-refractivity contribution >= 4 is 11.9 Å². The molecule has 2 aromatic heterocycles. The molecule has 0 bridgehead atoms. The first-order valence-corrected chi connectivity index (χ1v) is 6.02. The normalized spacial score (nSPS) is 10.6. The van der Waals surface area contributed by atoms with Crippen molar-refractivity contribution < 1.29 is 13.6 Å². The Balaban J connectivity index is 1.76. The Bertz CT molecular complexity index is 778. The standard InChI is InChI=1S/C13H10FN5O2/c1-19-7-6-10(18-19)11(20)15-13-17-16-12(21-13)8-2-4-9(14)5-3-8/h2-7H,1H3,(H,15,17,20). The molecule has 0 fully saturated rings. The summed E-state index contributed by atoms with van der Waals surface area (Å²) in [5.74, 6) is -0.627. The number of carbonyl (C=O) groups excluding carboxylic acids is 1. The summed E-state index contributed by atoms with van der Waals surface area (Å²) in [6, 6.07) is 7.09. The quantitative estimate of drug-likeness (QED) is 0.794. The lowest BCUT2D eigenvalue weighted by Crippen LogP contribution is -2.13. The molecule has 0 atom stereocenters. The molecule has 1 aromatic carbocycles. The number of carbonyl (C=O) groups is 1. The molecule has 106 valence electrons. The van der Waals surface area contributed by atoms with Gasteiger partial charge in [0.05, 0.1) is 0 Å². The van der Waals surface area contributed by atoms with E-state index in [4.69, 9.17) is 4.42 Å². The minimum absolute atomic E-state index is 0.0509. The molecule has 7 nitrogen and oxygen atoms in total. The third kappa shape index (κ3) is 2.78. The van der Waals surface area contributed by atoms with Gasteiger partial charge in [-0.15, -0.1) is 5.10 Å². The third-order valence-corrected chi connectivity index (χ3v) is 2.68. The predicted octanol–water partition coefficient (Wildman–Crippen LogP) is 1.86. The Morgan fingerprint density at radius 2 is 2.00 bits per heavy atom. The lowest BCUT2D eigenvalue weighted by Gasteiger charge is -1.96. The summed E-state index contributed by atoms with van der Waals surface area (Å²) in [5.41, 5.74) is 0.793. The number of nitrogens with one attached hydrogen (secondary N) is 1. The van der Waals surface area contributed by atoms with Crippen molar-refractivity contribution in [1.29, 1.82) is 0 Å². The van der Waals surface area contributed by atoms with Gasteiger partial charge in [-0.3, -0.25) is 14.8 Å². The van der Waals surface area contributed by atoms with E-state index in [1.165, 1.54) is 28.9 Å².